The average Bonchev–Trinajstić information content (AvgIpc) is 2.37. The highest BCUT2D eigenvalue weighted by atomic mass is 79.9. The maximum Gasteiger partial charge on any atom is 0.126 e. The summed E-state index contributed by atoms with van der Waals surface area (Å²) in [6, 6.07) is 13.8. The maximum atomic E-state index is 9.75. The number of hydrogen-bond acceptors (Lipinski definition) is 2. The molecule has 2 rings (SSSR count). The van der Waals surface area contributed by atoms with Crippen molar-refractivity contribution in [2.24, 2.45) is 0 Å². The first kappa shape index (κ1) is 14.1. The van der Waals surface area contributed by atoms with E-state index in [1.165, 1.54) is 5.56 Å². The van der Waals surface area contributed by atoms with Crippen molar-refractivity contribution >= 4 is 15.9 Å². The molecule has 0 amide bonds. The molecule has 0 fully saturated rings. The Morgan fingerprint density at radius 3 is 2.63 bits per heavy atom. The number of aliphatic hydroxyl groups excluding tert-OH is 1. The summed E-state index contributed by atoms with van der Waals surface area (Å²) in [5.74, 6) is 0.715. The van der Waals surface area contributed by atoms with Gasteiger partial charge in [-0.25, -0.2) is 0 Å². The summed E-state index contributed by atoms with van der Waals surface area (Å²) in [4.78, 5) is 0. The van der Waals surface area contributed by atoms with E-state index in [1.807, 2.05) is 30.3 Å². The lowest BCUT2D eigenvalue weighted by Crippen LogP contribution is -2.02. The molecule has 2 aromatic carbocycles. The highest BCUT2D eigenvalue weighted by molar-refractivity contribution is 9.10. The van der Waals surface area contributed by atoms with Gasteiger partial charge in [0.15, 0.2) is 0 Å². The number of ether oxygens (including phenoxy) is 1. The minimum atomic E-state index is -0.542. The number of benzene rings is 2. The minimum absolute atomic E-state index is 0.503. The molecule has 0 unspecified atom stereocenters. The Labute approximate surface area is 122 Å². The molecule has 0 heterocycles. The summed E-state index contributed by atoms with van der Waals surface area (Å²) < 4.78 is 6.80. The van der Waals surface area contributed by atoms with E-state index in [-0.39, 0.29) is 0 Å². The standard InChI is InChI=1S/C16H17BrO2/c1-11-5-3-4-6-13(11)10-19-16-9-14(17)7-8-15(16)12(2)18/h3-9,12,18H,10H2,1-2H3/t12-/m0/s1. The maximum absolute atomic E-state index is 9.75. The van der Waals surface area contributed by atoms with E-state index in [2.05, 4.69) is 35.0 Å². The Balaban J connectivity index is 2.19. The summed E-state index contributed by atoms with van der Waals surface area (Å²) in [7, 11) is 0. The third kappa shape index (κ3) is 3.58. The number of hydrogen-bond donors (Lipinski definition) is 1. The van der Waals surface area contributed by atoms with Crippen LogP contribution < -0.4 is 4.74 Å². The first-order valence-electron chi connectivity index (χ1n) is 6.22. The fourth-order valence-electron chi connectivity index (χ4n) is 1.91. The molecular weight excluding hydrogens is 304 g/mol. The van der Waals surface area contributed by atoms with E-state index >= 15 is 0 Å². The molecule has 0 saturated carbocycles. The number of rotatable bonds is 4. The monoisotopic (exact) mass is 320 g/mol. The van der Waals surface area contributed by atoms with Crippen molar-refractivity contribution in [1.82, 2.24) is 0 Å². The van der Waals surface area contributed by atoms with Gasteiger partial charge in [0.1, 0.15) is 12.4 Å². The van der Waals surface area contributed by atoms with Gasteiger partial charge in [-0.2, -0.15) is 0 Å². The van der Waals surface area contributed by atoms with Gasteiger partial charge in [0.25, 0.3) is 0 Å². The number of aryl methyl sites for hydroxylation is 1. The van der Waals surface area contributed by atoms with Crippen molar-refractivity contribution in [2.75, 3.05) is 0 Å². The van der Waals surface area contributed by atoms with Gasteiger partial charge in [-0.1, -0.05) is 46.3 Å². The van der Waals surface area contributed by atoms with Crippen LogP contribution in [0.15, 0.2) is 46.9 Å². The van der Waals surface area contributed by atoms with Crippen LogP contribution in [-0.4, -0.2) is 5.11 Å². The number of aliphatic hydroxyl groups is 1. The minimum Gasteiger partial charge on any atom is -0.488 e. The van der Waals surface area contributed by atoms with E-state index in [1.54, 1.807) is 6.92 Å². The van der Waals surface area contributed by atoms with E-state index in [0.29, 0.717) is 12.4 Å². The van der Waals surface area contributed by atoms with Crippen LogP contribution >= 0.6 is 15.9 Å². The topological polar surface area (TPSA) is 29.5 Å². The molecule has 19 heavy (non-hydrogen) atoms. The quantitative estimate of drug-likeness (QED) is 0.905. The van der Waals surface area contributed by atoms with Gasteiger partial charge in [0.05, 0.1) is 6.10 Å². The summed E-state index contributed by atoms with van der Waals surface area (Å²) >= 11 is 3.42. The summed E-state index contributed by atoms with van der Waals surface area (Å²) in [5.41, 5.74) is 3.16. The highest BCUT2D eigenvalue weighted by Gasteiger charge is 2.10. The first-order chi connectivity index (χ1) is 9.08. The van der Waals surface area contributed by atoms with Gasteiger partial charge < -0.3 is 9.84 Å². The van der Waals surface area contributed by atoms with Crippen LogP contribution in [-0.2, 0) is 6.61 Å². The molecule has 0 radical (unpaired) electrons. The van der Waals surface area contributed by atoms with E-state index in [0.717, 1.165) is 15.6 Å². The van der Waals surface area contributed by atoms with Crippen molar-refractivity contribution in [3.05, 3.63) is 63.6 Å². The molecule has 2 nitrogen and oxygen atoms in total. The molecule has 0 aliphatic heterocycles. The molecule has 2 aromatic rings. The molecule has 0 aliphatic carbocycles. The van der Waals surface area contributed by atoms with Gasteiger partial charge in [-0.05, 0) is 37.1 Å². The van der Waals surface area contributed by atoms with Gasteiger partial charge in [-0.15, -0.1) is 0 Å². The smallest absolute Gasteiger partial charge is 0.126 e. The molecule has 100 valence electrons. The second-order valence-corrected chi connectivity index (χ2v) is 5.49. The zero-order valence-corrected chi connectivity index (χ0v) is 12.6. The molecule has 0 spiro atoms. The predicted octanol–water partition coefficient (Wildman–Crippen LogP) is 4.39. The van der Waals surface area contributed by atoms with Crippen LogP contribution in [0.1, 0.15) is 29.7 Å². The normalized spacial score (nSPS) is 12.2. The van der Waals surface area contributed by atoms with E-state index in [9.17, 15) is 5.11 Å². The fraction of sp³-hybridized carbons (Fsp3) is 0.250. The Bertz CT molecular complexity index is 564. The van der Waals surface area contributed by atoms with Crippen molar-refractivity contribution in [3.8, 4) is 5.75 Å². The van der Waals surface area contributed by atoms with Gasteiger partial charge in [0, 0.05) is 10.0 Å². The molecular formula is C16H17BrO2. The van der Waals surface area contributed by atoms with Crippen LogP contribution in [0.25, 0.3) is 0 Å². The van der Waals surface area contributed by atoms with Crippen LogP contribution in [0, 0.1) is 6.92 Å². The second-order valence-electron chi connectivity index (χ2n) is 4.57. The molecule has 1 N–H and O–H groups in total. The van der Waals surface area contributed by atoms with E-state index < -0.39 is 6.10 Å². The molecule has 0 aliphatic rings. The third-order valence-electron chi connectivity index (χ3n) is 3.07. The van der Waals surface area contributed by atoms with Gasteiger partial charge in [-0.3, -0.25) is 0 Å². The van der Waals surface area contributed by atoms with Crippen LogP contribution in [0.3, 0.4) is 0 Å². The highest BCUT2D eigenvalue weighted by Crippen LogP contribution is 2.29. The van der Waals surface area contributed by atoms with Gasteiger partial charge in [0.2, 0.25) is 0 Å². The Morgan fingerprint density at radius 1 is 1.21 bits per heavy atom. The van der Waals surface area contributed by atoms with Gasteiger partial charge >= 0.3 is 0 Å². The van der Waals surface area contributed by atoms with Crippen molar-refractivity contribution in [1.29, 1.82) is 0 Å². The Hall–Kier alpha value is -1.32. The van der Waals surface area contributed by atoms with Crippen LogP contribution in [0.4, 0.5) is 0 Å². The average molecular weight is 321 g/mol. The molecule has 0 bridgehead atoms. The molecule has 3 heteroatoms. The van der Waals surface area contributed by atoms with Crippen molar-refractivity contribution in [3.63, 3.8) is 0 Å². The SMILES string of the molecule is Cc1ccccc1COc1cc(Br)ccc1[C@H](C)O. The molecule has 0 saturated heterocycles. The summed E-state index contributed by atoms with van der Waals surface area (Å²) in [6.07, 6.45) is -0.542. The van der Waals surface area contributed by atoms with Crippen LogP contribution in [0.5, 0.6) is 5.75 Å². The lowest BCUT2D eigenvalue weighted by atomic mass is 10.1. The van der Waals surface area contributed by atoms with Crippen molar-refractivity contribution < 1.29 is 9.84 Å². The largest absolute Gasteiger partial charge is 0.488 e. The Kier molecular flexibility index (Phi) is 4.61. The van der Waals surface area contributed by atoms with Crippen LogP contribution in [0.2, 0.25) is 0 Å². The summed E-state index contributed by atoms with van der Waals surface area (Å²) in [6.45, 7) is 4.31. The van der Waals surface area contributed by atoms with Crippen molar-refractivity contribution in [2.45, 2.75) is 26.6 Å². The third-order valence-corrected chi connectivity index (χ3v) is 3.56. The molecule has 1 atom stereocenters. The van der Waals surface area contributed by atoms with E-state index in [4.69, 9.17) is 4.74 Å². The second kappa shape index (κ2) is 6.22. The molecule has 0 aromatic heterocycles. The predicted molar refractivity (Wildman–Crippen MR) is 80.3 cm³/mol. The lowest BCUT2D eigenvalue weighted by Gasteiger charge is -2.14. The summed E-state index contributed by atoms with van der Waals surface area (Å²) in [5, 5.41) is 9.75. The first-order valence-corrected chi connectivity index (χ1v) is 7.02. The lowest BCUT2D eigenvalue weighted by molar-refractivity contribution is 0.190. The Morgan fingerprint density at radius 2 is 1.95 bits per heavy atom. The zero-order chi connectivity index (χ0) is 13.8. The zero-order valence-electron chi connectivity index (χ0n) is 11.1. The number of halogens is 1. The fourth-order valence-corrected chi connectivity index (χ4v) is 2.25.